The first kappa shape index (κ1) is 14.9. The quantitative estimate of drug-likeness (QED) is 0.640. The van der Waals surface area contributed by atoms with Crippen LogP contribution >= 0.6 is 0 Å². The van der Waals surface area contributed by atoms with E-state index in [9.17, 15) is 10.1 Å². The Morgan fingerprint density at radius 3 is 2.90 bits per heavy atom. The summed E-state index contributed by atoms with van der Waals surface area (Å²) in [5.74, 6) is 0. The Morgan fingerprint density at radius 2 is 2.25 bits per heavy atom. The molecule has 1 aliphatic heterocycles. The second-order valence-corrected chi connectivity index (χ2v) is 5.26. The lowest BCUT2D eigenvalue weighted by molar-refractivity contribution is -0.385. The van der Waals surface area contributed by atoms with Crippen LogP contribution < -0.4 is 5.32 Å². The number of piperidine rings is 1. The predicted molar refractivity (Wildman–Crippen MR) is 79.9 cm³/mol. The van der Waals surface area contributed by atoms with Gasteiger partial charge in [-0.25, -0.2) is 0 Å². The summed E-state index contributed by atoms with van der Waals surface area (Å²) in [6.45, 7) is 6.18. The van der Waals surface area contributed by atoms with Gasteiger partial charge in [-0.15, -0.1) is 0 Å². The number of nitrogens with one attached hydrogen (secondary N) is 1. The Balaban J connectivity index is 1.97. The van der Waals surface area contributed by atoms with E-state index in [1.165, 1.54) is 12.8 Å². The minimum atomic E-state index is -0.284. The SMILES string of the molecule is CCN(CCc1ccccc1[N+](=O)[O-])C1CCCNC1. The van der Waals surface area contributed by atoms with E-state index < -0.39 is 0 Å². The Hall–Kier alpha value is -1.46. The molecule has 110 valence electrons. The molecule has 5 heteroatoms. The fourth-order valence-corrected chi connectivity index (χ4v) is 2.91. The largest absolute Gasteiger partial charge is 0.315 e. The Morgan fingerprint density at radius 1 is 1.45 bits per heavy atom. The van der Waals surface area contributed by atoms with Crippen molar-refractivity contribution in [3.8, 4) is 0 Å². The lowest BCUT2D eigenvalue weighted by Crippen LogP contribution is -2.46. The summed E-state index contributed by atoms with van der Waals surface area (Å²) in [6.07, 6.45) is 3.17. The zero-order valence-corrected chi connectivity index (χ0v) is 12.0. The number of nitro benzene ring substituents is 1. The Bertz CT molecular complexity index is 444. The zero-order valence-electron chi connectivity index (χ0n) is 12.0. The molecule has 1 aromatic carbocycles. The number of benzene rings is 1. The molecule has 5 nitrogen and oxygen atoms in total. The maximum atomic E-state index is 11.0. The summed E-state index contributed by atoms with van der Waals surface area (Å²) in [4.78, 5) is 13.2. The van der Waals surface area contributed by atoms with Crippen LogP contribution in [0.25, 0.3) is 0 Å². The molecule has 0 bridgehead atoms. The molecule has 20 heavy (non-hydrogen) atoms. The molecule has 2 rings (SSSR count). The van der Waals surface area contributed by atoms with E-state index in [0.717, 1.165) is 38.2 Å². The molecule has 1 atom stereocenters. The van der Waals surface area contributed by atoms with Crippen molar-refractivity contribution in [1.29, 1.82) is 0 Å². The van der Waals surface area contributed by atoms with Crippen LogP contribution in [-0.4, -0.2) is 42.0 Å². The van der Waals surface area contributed by atoms with Crippen LogP contribution in [0.1, 0.15) is 25.3 Å². The molecule has 0 radical (unpaired) electrons. The molecular formula is C15H23N3O2. The molecule has 1 saturated heterocycles. The number of rotatable bonds is 6. The van der Waals surface area contributed by atoms with Crippen molar-refractivity contribution >= 4 is 5.69 Å². The molecule has 0 saturated carbocycles. The van der Waals surface area contributed by atoms with E-state index in [1.54, 1.807) is 12.1 Å². The van der Waals surface area contributed by atoms with Crippen molar-refractivity contribution < 1.29 is 4.92 Å². The van der Waals surface area contributed by atoms with Crippen molar-refractivity contribution in [3.63, 3.8) is 0 Å². The number of hydrogen-bond acceptors (Lipinski definition) is 4. The summed E-state index contributed by atoms with van der Waals surface area (Å²) in [5.41, 5.74) is 1.07. The van der Waals surface area contributed by atoms with Crippen LogP contribution in [0.3, 0.4) is 0 Å². The van der Waals surface area contributed by atoms with Crippen molar-refractivity contribution in [2.24, 2.45) is 0 Å². The summed E-state index contributed by atoms with van der Waals surface area (Å²) in [5, 5.41) is 14.4. The molecule has 0 aromatic heterocycles. The van der Waals surface area contributed by atoms with Crippen molar-refractivity contribution in [2.75, 3.05) is 26.2 Å². The van der Waals surface area contributed by atoms with Gasteiger partial charge in [-0.1, -0.05) is 25.1 Å². The van der Waals surface area contributed by atoms with Gasteiger partial charge in [0, 0.05) is 30.8 Å². The maximum Gasteiger partial charge on any atom is 0.272 e. The molecular weight excluding hydrogens is 254 g/mol. The first-order valence-corrected chi connectivity index (χ1v) is 7.39. The van der Waals surface area contributed by atoms with Gasteiger partial charge in [0.1, 0.15) is 0 Å². The van der Waals surface area contributed by atoms with Gasteiger partial charge in [-0.3, -0.25) is 15.0 Å². The highest BCUT2D eigenvalue weighted by atomic mass is 16.6. The smallest absolute Gasteiger partial charge is 0.272 e. The third-order valence-electron chi connectivity index (χ3n) is 4.05. The third kappa shape index (κ3) is 3.77. The number of nitrogens with zero attached hydrogens (tertiary/aromatic N) is 2. The van der Waals surface area contributed by atoms with Crippen molar-refractivity contribution in [3.05, 3.63) is 39.9 Å². The van der Waals surface area contributed by atoms with Crippen LogP contribution in [0.4, 0.5) is 5.69 Å². The molecule has 1 fully saturated rings. The Labute approximate surface area is 120 Å². The second kappa shape index (κ2) is 7.36. The molecule has 0 spiro atoms. The number of para-hydroxylation sites is 1. The van der Waals surface area contributed by atoms with Crippen LogP contribution in [0.2, 0.25) is 0 Å². The average Bonchev–Trinajstić information content (AvgIpc) is 2.49. The summed E-state index contributed by atoms with van der Waals surface area (Å²) in [7, 11) is 0. The van der Waals surface area contributed by atoms with E-state index in [0.29, 0.717) is 6.04 Å². The lowest BCUT2D eigenvalue weighted by Gasteiger charge is -2.33. The van der Waals surface area contributed by atoms with Crippen molar-refractivity contribution in [2.45, 2.75) is 32.2 Å². The van der Waals surface area contributed by atoms with Gasteiger partial charge < -0.3 is 5.32 Å². The third-order valence-corrected chi connectivity index (χ3v) is 4.05. The van der Waals surface area contributed by atoms with E-state index in [4.69, 9.17) is 0 Å². The van der Waals surface area contributed by atoms with Gasteiger partial charge in [0.05, 0.1) is 4.92 Å². The van der Waals surface area contributed by atoms with E-state index in [1.807, 2.05) is 12.1 Å². The molecule has 1 unspecified atom stereocenters. The molecule has 1 heterocycles. The fourth-order valence-electron chi connectivity index (χ4n) is 2.91. The molecule has 0 aliphatic carbocycles. The molecule has 1 aliphatic rings. The summed E-state index contributed by atoms with van der Waals surface area (Å²) in [6, 6.07) is 7.63. The van der Waals surface area contributed by atoms with E-state index >= 15 is 0 Å². The highest BCUT2D eigenvalue weighted by Crippen LogP contribution is 2.19. The fraction of sp³-hybridized carbons (Fsp3) is 0.600. The summed E-state index contributed by atoms with van der Waals surface area (Å²) < 4.78 is 0. The molecule has 1 N–H and O–H groups in total. The zero-order chi connectivity index (χ0) is 14.4. The Kier molecular flexibility index (Phi) is 5.49. The second-order valence-electron chi connectivity index (χ2n) is 5.26. The number of nitro groups is 1. The van der Waals surface area contributed by atoms with Crippen LogP contribution in [-0.2, 0) is 6.42 Å². The normalized spacial score (nSPS) is 19.2. The van der Waals surface area contributed by atoms with Gasteiger partial charge in [0.15, 0.2) is 0 Å². The van der Waals surface area contributed by atoms with Crippen LogP contribution in [0, 0.1) is 10.1 Å². The topological polar surface area (TPSA) is 58.4 Å². The van der Waals surface area contributed by atoms with Gasteiger partial charge >= 0.3 is 0 Å². The van der Waals surface area contributed by atoms with Gasteiger partial charge in [-0.2, -0.15) is 0 Å². The molecule has 1 aromatic rings. The monoisotopic (exact) mass is 277 g/mol. The number of hydrogen-bond donors (Lipinski definition) is 1. The van der Waals surface area contributed by atoms with Gasteiger partial charge in [0.25, 0.3) is 5.69 Å². The lowest BCUT2D eigenvalue weighted by atomic mass is 10.0. The first-order valence-electron chi connectivity index (χ1n) is 7.39. The van der Waals surface area contributed by atoms with Gasteiger partial charge in [-0.05, 0) is 32.4 Å². The average molecular weight is 277 g/mol. The van der Waals surface area contributed by atoms with E-state index in [-0.39, 0.29) is 10.6 Å². The maximum absolute atomic E-state index is 11.0. The highest BCUT2D eigenvalue weighted by Gasteiger charge is 2.20. The van der Waals surface area contributed by atoms with Crippen LogP contribution in [0.5, 0.6) is 0 Å². The van der Waals surface area contributed by atoms with Crippen LogP contribution in [0.15, 0.2) is 24.3 Å². The number of likely N-dealkylation sites (N-methyl/N-ethyl adjacent to an activating group) is 1. The van der Waals surface area contributed by atoms with Gasteiger partial charge in [0.2, 0.25) is 0 Å². The minimum Gasteiger partial charge on any atom is -0.315 e. The summed E-state index contributed by atoms with van der Waals surface area (Å²) >= 11 is 0. The standard InChI is InChI=1S/C15H23N3O2/c1-2-17(14-7-5-10-16-12-14)11-9-13-6-3-4-8-15(13)18(19)20/h3-4,6,8,14,16H,2,5,7,9-12H2,1H3. The van der Waals surface area contributed by atoms with Crippen molar-refractivity contribution in [1.82, 2.24) is 10.2 Å². The van der Waals surface area contributed by atoms with E-state index in [2.05, 4.69) is 17.1 Å². The highest BCUT2D eigenvalue weighted by molar-refractivity contribution is 5.39. The molecule has 0 amide bonds. The minimum absolute atomic E-state index is 0.241. The predicted octanol–water partition coefficient (Wildman–Crippen LogP) is 2.21. The first-order chi connectivity index (χ1) is 9.72.